The second kappa shape index (κ2) is 7.80. The molecular weight excluding hydrogens is 461 g/mol. The molecule has 0 amide bonds. The fraction of sp³-hybridized carbons (Fsp3) is 1.00. The van der Waals surface area contributed by atoms with E-state index in [1.54, 1.807) is 0 Å². The molecule has 0 aliphatic carbocycles. The van der Waals surface area contributed by atoms with Gasteiger partial charge < -0.3 is 9.79 Å². The van der Waals surface area contributed by atoms with Crippen molar-refractivity contribution >= 4 is 37.4 Å². The molecule has 0 saturated carbocycles. The zero-order chi connectivity index (χ0) is 21.8. The molecule has 0 bridgehead atoms. The molecule has 0 radical (unpaired) electrons. The van der Waals surface area contributed by atoms with Gasteiger partial charge in [-0.3, -0.25) is 4.52 Å². The fourth-order valence-electron chi connectivity index (χ4n) is 1.31. The van der Waals surface area contributed by atoms with E-state index in [0.717, 1.165) is 0 Å². The van der Waals surface area contributed by atoms with Gasteiger partial charge in [-0.15, -0.1) is 0 Å². The Bertz CT molecular complexity index is 571. The molecular formula is C8H7F13NaO4P. The van der Waals surface area contributed by atoms with Gasteiger partial charge in [0.05, 0.1) is 0 Å². The van der Waals surface area contributed by atoms with Crippen molar-refractivity contribution in [2.75, 3.05) is 0 Å². The van der Waals surface area contributed by atoms with Gasteiger partial charge >= 0.3 is 73.2 Å². The summed E-state index contributed by atoms with van der Waals surface area (Å²) in [5.74, 6) is -38.4. The van der Waals surface area contributed by atoms with Crippen LogP contribution in [-0.2, 0) is 9.09 Å². The summed E-state index contributed by atoms with van der Waals surface area (Å²) in [6.45, 7) is -0.455. The SMILES string of the molecule is CC(OP(=O)(O)O)C(F)(F)C(F)(F)C(F)(F)C(F)(F)C(F)(F)C(F)(F)F.[NaH]. The van der Waals surface area contributed by atoms with Crippen LogP contribution >= 0.6 is 7.82 Å². The van der Waals surface area contributed by atoms with Gasteiger partial charge in [0, 0.05) is 0 Å². The average molecular weight is 468 g/mol. The first kappa shape index (κ1) is 29.4. The van der Waals surface area contributed by atoms with Crippen molar-refractivity contribution < 1.29 is 76.0 Å². The molecule has 0 heterocycles. The van der Waals surface area contributed by atoms with E-state index in [-0.39, 0.29) is 29.6 Å². The van der Waals surface area contributed by atoms with Gasteiger partial charge in [0.25, 0.3) is 0 Å². The standard InChI is InChI=1S/C8H6F13O4P.Na.H/c1-2(25-26(22,23)24)3(9,10)4(11,12)5(13,14)6(15,16)7(17,18)8(19,20)21;;/h2H,1H3,(H2,22,23,24);;. The van der Waals surface area contributed by atoms with Crippen LogP contribution < -0.4 is 0 Å². The molecule has 0 aliphatic heterocycles. The third-order valence-electron chi connectivity index (χ3n) is 2.76. The van der Waals surface area contributed by atoms with Gasteiger partial charge in [-0.25, -0.2) is 4.57 Å². The Morgan fingerprint density at radius 3 is 1.26 bits per heavy atom. The van der Waals surface area contributed by atoms with Crippen molar-refractivity contribution in [3.05, 3.63) is 0 Å². The average Bonchev–Trinajstić information content (AvgIpc) is 2.34. The van der Waals surface area contributed by atoms with Crippen LogP contribution in [0.3, 0.4) is 0 Å². The predicted octanol–water partition coefficient (Wildman–Crippen LogP) is 3.57. The van der Waals surface area contributed by atoms with Crippen LogP contribution in [-0.4, -0.2) is 81.2 Å². The first-order chi connectivity index (χ1) is 10.9. The van der Waals surface area contributed by atoms with Gasteiger partial charge in [0.1, 0.15) is 6.10 Å². The van der Waals surface area contributed by atoms with Gasteiger partial charge in [-0.2, -0.15) is 57.1 Å². The van der Waals surface area contributed by atoms with Crippen molar-refractivity contribution in [1.82, 2.24) is 0 Å². The number of phosphoric acid groups is 1. The van der Waals surface area contributed by atoms with E-state index in [0.29, 0.717) is 0 Å². The van der Waals surface area contributed by atoms with Crippen molar-refractivity contribution in [3.63, 3.8) is 0 Å². The summed E-state index contributed by atoms with van der Waals surface area (Å²) in [7, 11) is -6.11. The fourth-order valence-corrected chi connectivity index (χ4v) is 1.85. The number of rotatable bonds is 7. The molecule has 0 saturated heterocycles. The van der Waals surface area contributed by atoms with E-state index in [2.05, 4.69) is 4.52 Å². The maximum atomic E-state index is 13.3. The quantitative estimate of drug-likeness (QED) is 0.341. The molecule has 2 N–H and O–H groups in total. The number of alkyl halides is 13. The van der Waals surface area contributed by atoms with Crippen molar-refractivity contribution in [3.8, 4) is 0 Å². The van der Waals surface area contributed by atoms with Gasteiger partial charge in [0.15, 0.2) is 0 Å². The number of hydrogen-bond acceptors (Lipinski definition) is 2. The zero-order valence-electron chi connectivity index (χ0n) is 11.6. The third-order valence-corrected chi connectivity index (χ3v) is 3.35. The van der Waals surface area contributed by atoms with E-state index >= 15 is 0 Å². The summed E-state index contributed by atoms with van der Waals surface area (Å²) >= 11 is 0. The third kappa shape index (κ3) is 4.86. The van der Waals surface area contributed by atoms with Gasteiger partial charge in [0.2, 0.25) is 0 Å². The molecule has 0 aromatic rings. The summed E-state index contributed by atoms with van der Waals surface area (Å²) in [6.07, 6.45) is -11.6. The molecule has 0 spiro atoms. The summed E-state index contributed by atoms with van der Waals surface area (Å²) in [4.78, 5) is 16.2. The topological polar surface area (TPSA) is 66.8 Å². The first-order valence-corrected chi connectivity index (χ1v) is 7.10. The zero-order valence-corrected chi connectivity index (χ0v) is 12.5. The Balaban J connectivity index is 0. The normalized spacial score (nSPS) is 16.7. The van der Waals surface area contributed by atoms with E-state index in [4.69, 9.17) is 9.79 Å². The molecule has 0 aromatic heterocycles. The van der Waals surface area contributed by atoms with Crippen LogP contribution in [0.2, 0.25) is 0 Å². The van der Waals surface area contributed by atoms with Gasteiger partial charge in [-0.05, 0) is 6.92 Å². The minimum absolute atomic E-state index is 0. The molecule has 27 heavy (non-hydrogen) atoms. The Morgan fingerprint density at radius 1 is 0.704 bits per heavy atom. The number of hydrogen-bond donors (Lipinski definition) is 2. The van der Waals surface area contributed by atoms with Crippen molar-refractivity contribution in [2.24, 2.45) is 0 Å². The van der Waals surface area contributed by atoms with E-state index in [9.17, 15) is 61.6 Å². The molecule has 160 valence electrons. The van der Waals surface area contributed by atoms with Crippen LogP contribution in [0.25, 0.3) is 0 Å². The molecule has 1 unspecified atom stereocenters. The maximum absolute atomic E-state index is 13.3. The van der Waals surface area contributed by atoms with Crippen molar-refractivity contribution in [1.29, 1.82) is 0 Å². The van der Waals surface area contributed by atoms with E-state index in [1.165, 1.54) is 0 Å². The number of phosphoric ester groups is 1. The van der Waals surface area contributed by atoms with Crippen LogP contribution in [0.4, 0.5) is 57.1 Å². The summed E-state index contributed by atoms with van der Waals surface area (Å²) in [6, 6.07) is 0. The van der Waals surface area contributed by atoms with Crippen LogP contribution in [0.15, 0.2) is 0 Å². The second-order valence-electron chi connectivity index (χ2n) is 4.66. The van der Waals surface area contributed by atoms with Crippen LogP contribution in [0.5, 0.6) is 0 Å². The Morgan fingerprint density at radius 2 is 1.00 bits per heavy atom. The first-order valence-electron chi connectivity index (χ1n) is 5.57. The summed E-state index contributed by atoms with van der Waals surface area (Å²) in [5, 5.41) is 0. The number of halogens is 13. The molecule has 1 atom stereocenters. The Hall–Kier alpha value is 0.200. The predicted molar refractivity (Wildman–Crippen MR) is 60.5 cm³/mol. The van der Waals surface area contributed by atoms with E-state index < -0.39 is 56.6 Å². The summed E-state index contributed by atoms with van der Waals surface area (Å²) < 4.78 is 178. The molecule has 0 aromatic carbocycles. The second-order valence-corrected chi connectivity index (χ2v) is 5.85. The van der Waals surface area contributed by atoms with Crippen molar-refractivity contribution in [2.45, 2.75) is 48.8 Å². The van der Waals surface area contributed by atoms with E-state index in [1.807, 2.05) is 0 Å². The molecule has 0 aliphatic rings. The molecule has 0 fully saturated rings. The molecule has 19 heteroatoms. The Kier molecular flexibility index (Phi) is 8.49. The van der Waals surface area contributed by atoms with Gasteiger partial charge in [-0.1, -0.05) is 0 Å². The summed E-state index contributed by atoms with van der Waals surface area (Å²) in [5.41, 5.74) is 0. The molecule has 0 rings (SSSR count). The molecule has 4 nitrogen and oxygen atoms in total. The monoisotopic (exact) mass is 468 g/mol. The van der Waals surface area contributed by atoms with Crippen LogP contribution in [0, 0.1) is 0 Å². The van der Waals surface area contributed by atoms with Crippen LogP contribution in [0.1, 0.15) is 6.92 Å². The minimum atomic E-state index is -8.09. The Labute approximate surface area is 162 Å².